The lowest BCUT2D eigenvalue weighted by Gasteiger charge is -1.99. The summed E-state index contributed by atoms with van der Waals surface area (Å²) in [5.74, 6) is 1.31. The van der Waals surface area contributed by atoms with Gasteiger partial charge in [-0.1, -0.05) is 30.3 Å². The van der Waals surface area contributed by atoms with Crippen LogP contribution < -0.4 is 4.74 Å². The minimum Gasteiger partial charge on any atom is -0.497 e. The van der Waals surface area contributed by atoms with Crippen LogP contribution in [0.15, 0.2) is 52.9 Å². The zero-order valence-corrected chi connectivity index (χ0v) is 14.8. The molecule has 6 heteroatoms. The van der Waals surface area contributed by atoms with Crippen molar-refractivity contribution in [3.05, 3.63) is 64.5 Å². The van der Waals surface area contributed by atoms with Gasteiger partial charge < -0.3 is 14.1 Å². The molecule has 2 aromatic heterocycles. The number of H-pyrrole nitrogens is 1. The molecule has 126 valence electrons. The second-order valence-corrected chi connectivity index (χ2v) is 6.20. The smallest absolute Gasteiger partial charge is 0.287 e. The van der Waals surface area contributed by atoms with Crippen LogP contribution in [0.1, 0.15) is 11.1 Å². The van der Waals surface area contributed by atoms with Gasteiger partial charge in [-0.15, -0.1) is 5.10 Å². The molecular formula is C19H17N3O2S. The maximum atomic E-state index is 5.74. The monoisotopic (exact) mass is 351 g/mol. The Labute approximate surface area is 149 Å². The molecule has 2 heterocycles. The van der Waals surface area contributed by atoms with Gasteiger partial charge in [0.2, 0.25) is 0 Å². The van der Waals surface area contributed by atoms with Gasteiger partial charge in [0.25, 0.3) is 10.7 Å². The fourth-order valence-electron chi connectivity index (χ4n) is 2.91. The third-order valence-corrected chi connectivity index (χ3v) is 4.55. The Kier molecular flexibility index (Phi) is 3.89. The molecule has 0 unspecified atom stereocenters. The fraction of sp³-hybridized carbons (Fsp3) is 0.158. The number of aromatic amines is 1. The van der Waals surface area contributed by atoms with Crippen molar-refractivity contribution >= 4 is 23.1 Å². The van der Waals surface area contributed by atoms with Crippen molar-refractivity contribution in [2.45, 2.75) is 13.5 Å². The molecule has 2 aromatic carbocycles. The van der Waals surface area contributed by atoms with Crippen LogP contribution in [0, 0.1) is 11.8 Å². The average Bonchev–Trinajstić information content (AvgIpc) is 3.16. The Morgan fingerprint density at radius 1 is 1.20 bits per heavy atom. The highest BCUT2D eigenvalue weighted by Crippen LogP contribution is 2.31. The van der Waals surface area contributed by atoms with Crippen molar-refractivity contribution in [2.24, 2.45) is 0 Å². The highest BCUT2D eigenvalue weighted by Gasteiger charge is 2.16. The molecule has 25 heavy (non-hydrogen) atoms. The van der Waals surface area contributed by atoms with Crippen molar-refractivity contribution in [2.75, 3.05) is 7.11 Å². The fourth-order valence-corrected chi connectivity index (χ4v) is 3.09. The maximum absolute atomic E-state index is 5.74. The number of fused-ring (bicyclic) bond motifs is 1. The minimum atomic E-state index is 0.356. The lowest BCUT2D eigenvalue weighted by molar-refractivity contribution is 0.415. The molecular weight excluding hydrogens is 334 g/mol. The van der Waals surface area contributed by atoms with E-state index in [-0.39, 0.29) is 0 Å². The first-order valence-corrected chi connectivity index (χ1v) is 8.35. The van der Waals surface area contributed by atoms with E-state index in [1.165, 1.54) is 0 Å². The van der Waals surface area contributed by atoms with Gasteiger partial charge in [0.15, 0.2) is 0 Å². The number of hydrogen-bond donors (Lipinski definition) is 1. The Balaban J connectivity index is 1.75. The van der Waals surface area contributed by atoms with Gasteiger partial charge in [0.05, 0.1) is 13.7 Å². The Morgan fingerprint density at radius 2 is 2.00 bits per heavy atom. The summed E-state index contributed by atoms with van der Waals surface area (Å²) in [4.78, 5) is 3.72. The van der Waals surface area contributed by atoms with E-state index in [0.717, 1.165) is 33.5 Å². The number of ether oxygens (including phenoxy) is 1. The summed E-state index contributed by atoms with van der Waals surface area (Å²) in [5, 5.41) is 5.63. The van der Waals surface area contributed by atoms with Gasteiger partial charge in [0, 0.05) is 10.9 Å². The molecule has 0 bridgehead atoms. The summed E-state index contributed by atoms with van der Waals surface area (Å²) >= 11 is 5.34. The van der Waals surface area contributed by atoms with Gasteiger partial charge in [-0.05, 0) is 48.5 Å². The van der Waals surface area contributed by atoms with E-state index in [1.54, 1.807) is 11.8 Å². The molecule has 0 saturated carbocycles. The summed E-state index contributed by atoms with van der Waals surface area (Å²) in [6, 6.07) is 16.0. The first kappa shape index (κ1) is 15.7. The van der Waals surface area contributed by atoms with E-state index in [9.17, 15) is 0 Å². The van der Waals surface area contributed by atoms with E-state index in [1.807, 2.05) is 55.5 Å². The third kappa shape index (κ3) is 2.85. The Bertz CT molecular complexity index is 1090. The number of aromatic nitrogens is 3. The molecule has 4 rings (SSSR count). The van der Waals surface area contributed by atoms with Crippen molar-refractivity contribution in [3.8, 4) is 17.3 Å². The summed E-state index contributed by atoms with van der Waals surface area (Å²) in [6.45, 7) is 2.61. The zero-order valence-electron chi connectivity index (χ0n) is 13.9. The SMILES string of the molecule is COc1ccc2[nH]c(-c3nn(Cc4ccccc4)c(=S)o3)c(C)c2c1. The van der Waals surface area contributed by atoms with E-state index < -0.39 is 0 Å². The standard InChI is InChI=1S/C19H17N3O2S/c1-12-15-10-14(23-2)8-9-16(15)20-17(12)18-21-22(19(25)24-18)11-13-6-4-3-5-7-13/h3-10,20H,11H2,1-2H3. The second kappa shape index (κ2) is 6.22. The van der Waals surface area contributed by atoms with Gasteiger partial charge in [-0.25, -0.2) is 4.68 Å². The molecule has 0 atom stereocenters. The van der Waals surface area contributed by atoms with Crippen LogP contribution in [-0.4, -0.2) is 21.9 Å². The van der Waals surface area contributed by atoms with Crippen molar-refractivity contribution in [3.63, 3.8) is 0 Å². The maximum Gasteiger partial charge on any atom is 0.287 e. The van der Waals surface area contributed by atoms with Crippen LogP contribution >= 0.6 is 12.2 Å². The first-order chi connectivity index (χ1) is 12.2. The van der Waals surface area contributed by atoms with Crippen molar-refractivity contribution in [1.82, 2.24) is 14.8 Å². The molecule has 0 spiro atoms. The van der Waals surface area contributed by atoms with Crippen LogP contribution in [0.2, 0.25) is 0 Å². The average molecular weight is 351 g/mol. The number of benzene rings is 2. The summed E-state index contributed by atoms with van der Waals surface area (Å²) in [6.07, 6.45) is 0. The molecule has 0 radical (unpaired) electrons. The lowest BCUT2D eigenvalue weighted by atomic mass is 10.1. The van der Waals surface area contributed by atoms with E-state index in [2.05, 4.69) is 10.1 Å². The number of methoxy groups -OCH3 is 1. The quantitative estimate of drug-likeness (QED) is 0.541. The van der Waals surface area contributed by atoms with Gasteiger partial charge >= 0.3 is 0 Å². The van der Waals surface area contributed by atoms with E-state index in [4.69, 9.17) is 21.4 Å². The number of hydrogen-bond acceptors (Lipinski definition) is 4. The predicted molar refractivity (Wildman–Crippen MR) is 99.5 cm³/mol. The van der Waals surface area contributed by atoms with Gasteiger partial charge in [-0.3, -0.25) is 0 Å². The number of nitrogens with one attached hydrogen (secondary N) is 1. The molecule has 0 aliphatic heterocycles. The van der Waals surface area contributed by atoms with Crippen LogP contribution in [-0.2, 0) is 6.54 Å². The minimum absolute atomic E-state index is 0.356. The predicted octanol–water partition coefficient (Wildman–Crippen LogP) is 4.72. The molecule has 0 fully saturated rings. The normalized spacial score (nSPS) is 11.1. The second-order valence-electron chi connectivity index (χ2n) is 5.85. The number of nitrogens with zero attached hydrogens (tertiary/aromatic N) is 2. The zero-order chi connectivity index (χ0) is 17.4. The molecule has 0 amide bonds. The van der Waals surface area contributed by atoms with Crippen LogP contribution in [0.5, 0.6) is 5.75 Å². The molecule has 0 aliphatic carbocycles. The Hall–Kier alpha value is -2.86. The van der Waals surface area contributed by atoms with E-state index >= 15 is 0 Å². The van der Waals surface area contributed by atoms with Gasteiger partial charge in [0.1, 0.15) is 11.4 Å². The lowest BCUT2D eigenvalue weighted by Crippen LogP contribution is -2.01. The summed E-state index contributed by atoms with van der Waals surface area (Å²) in [5.41, 5.74) is 4.02. The molecule has 0 aliphatic rings. The summed E-state index contributed by atoms with van der Waals surface area (Å²) in [7, 11) is 1.66. The van der Waals surface area contributed by atoms with E-state index in [0.29, 0.717) is 17.3 Å². The molecule has 1 N–H and O–H groups in total. The summed E-state index contributed by atoms with van der Waals surface area (Å²) < 4.78 is 12.8. The highest BCUT2D eigenvalue weighted by atomic mass is 32.1. The van der Waals surface area contributed by atoms with Crippen molar-refractivity contribution < 1.29 is 9.15 Å². The molecule has 4 aromatic rings. The number of aryl methyl sites for hydroxylation is 1. The molecule has 5 nitrogen and oxygen atoms in total. The largest absolute Gasteiger partial charge is 0.497 e. The van der Waals surface area contributed by atoms with Crippen molar-refractivity contribution in [1.29, 1.82) is 0 Å². The van der Waals surface area contributed by atoms with Crippen LogP contribution in [0.25, 0.3) is 22.5 Å². The first-order valence-electron chi connectivity index (χ1n) is 7.94. The number of rotatable bonds is 4. The topological polar surface area (TPSA) is 56.0 Å². The molecule has 0 saturated heterocycles. The third-order valence-electron chi connectivity index (χ3n) is 4.26. The van der Waals surface area contributed by atoms with Crippen LogP contribution in [0.3, 0.4) is 0 Å². The van der Waals surface area contributed by atoms with Crippen LogP contribution in [0.4, 0.5) is 0 Å². The highest BCUT2D eigenvalue weighted by molar-refractivity contribution is 7.71. The Morgan fingerprint density at radius 3 is 2.76 bits per heavy atom. The van der Waals surface area contributed by atoms with Gasteiger partial charge in [-0.2, -0.15) is 0 Å².